The third-order valence-corrected chi connectivity index (χ3v) is 5.34. The molecule has 1 heterocycles. The van der Waals surface area contributed by atoms with Crippen LogP contribution in [0.4, 0.5) is 0 Å². The number of piperidine rings is 1. The number of nitrogens with zero attached hydrogens (tertiary/aromatic N) is 1. The molecule has 2 heteroatoms. The van der Waals surface area contributed by atoms with Crippen LogP contribution in [-0.4, -0.2) is 37.1 Å². The lowest BCUT2D eigenvalue weighted by Crippen LogP contribution is -2.45. The second-order valence-corrected chi connectivity index (χ2v) is 6.59. The van der Waals surface area contributed by atoms with E-state index in [1.807, 2.05) is 0 Å². The maximum atomic E-state index is 3.81. The smallest absolute Gasteiger partial charge is 0.00794 e. The molecule has 110 valence electrons. The molecule has 20 heavy (non-hydrogen) atoms. The van der Waals surface area contributed by atoms with Gasteiger partial charge in [0.25, 0.3) is 0 Å². The van der Waals surface area contributed by atoms with E-state index < -0.39 is 0 Å². The fraction of sp³-hybridized carbons (Fsp3) is 0.667. The summed E-state index contributed by atoms with van der Waals surface area (Å²) < 4.78 is 0. The molecule has 1 aliphatic heterocycles. The average Bonchev–Trinajstić information content (AvgIpc) is 2.48. The molecule has 0 radical (unpaired) electrons. The number of rotatable bonds is 5. The average molecular weight is 272 g/mol. The molecule has 3 rings (SSSR count). The molecular weight excluding hydrogens is 244 g/mol. The fourth-order valence-corrected chi connectivity index (χ4v) is 3.83. The molecule has 0 aromatic heterocycles. The number of benzene rings is 1. The van der Waals surface area contributed by atoms with Gasteiger partial charge in [-0.1, -0.05) is 31.2 Å². The maximum Gasteiger partial charge on any atom is 0.00794 e. The minimum atomic E-state index is 0.650. The zero-order valence-electron chi connectivity index (χ0n) is 12.9. The van der Waals surface area contributed by atoms with Crippen molar-refractivity contribution >= 4 is 0 Å². The minimum absolute atomic E-state index is 0.650. The van der Waals surface area contributed by atoms with E-state index in [0.29, 0.717) is 6.04 Å². The summed E-state index contributed by atoms with van der Waals surface area (Å²) in [5.41, 5.74) is 3.13. The van der Waals surface area contributed by atoms with Crippen LogP contribution in [0.3, 0.4) is 0 Å². The van der Waals surface area contributed by atoms with Crippen molar-refractivity contribution in [3.63, 3.8) is 0 Å². The van der Waals surface area contributed by atoms with Gasteiger partial charge in [0.05, 0.1) is 0 Å². The van der Waals surface area contributed by atoms with Gasteiger partial charge in [-0.15, -0.1) is 0 Å². The van der Waals surface area contributed by atoms with Gasteiger partial charge in [-0.3, -0.25) is 0 Å². The molecule has 0 spiro atoms. The van der Waals surface area contributed by atoms with Crippen LogP contribution in [0.1, 0.15) is 43.7 Å². The van der Waals surface area contributed by atoms with Crippen molar-refractivity contribution in [3.05, 3.63) is 35.4 Å². The summed E-state index contributed by atoms with van der Waals surface area (Å²) in [5, 5.41) is 3.81. The van der Waals surface area contributed by atoms with Gasteiger partial charge < -0.3 is 10.2 Å². The number of fused-ring (bicyclic) bond motifs is 1. The van der Waals surface area contributed by atoms with Crippen LogP contribution in [0.2, 0.25) is 0 Å². The quantitative estimate of drug-likeness (QED) is 0.886. The first-order valence-electron chi connectivity index (χ1n) is 8.31. The van der Waals surface area contributed by atoms with E-state index in [1.165, 1.54) is 38.9 Å². The Hall–Kier alpha value is -0.860. The minimum Gasteiger partial charge on any atom is -0.313 e. The predicted octanol–water partition coefficient (Wildman–Crippen LogP) is 3.04. The van der Waals surface area contributed by atoms with Crippen LogP contribution in [-0.2, 0) is 6.42 Å². The summed E-state index contributed by atoms with van der Waals surface area (Å²) in [6.45, 7) is 9.61. The molecule has 1 saturated heterocycles. The van der Waals surface area contributed by atoms with Crippen molar-refractivity contribution in [2.24, 2.45) is 5.92 Å². The summed E-state index contributed by atoms with van der Waals surface area (Å²) >= 11 is 0. The monoisotopic (exact) mass is 272 g/mol. The second-order valence-electron chi connectivity index (χ2n) is 6.59. The first kappa shape index (κ1) is 14.1. The zero-order valence-corrected chi connectivity index (χ0v) is 12.9. The Morgan fingerprint density at radius 3 is 3.00 bits per heavy atom. The molecule has 1 fully saturated rings. The van der Waals surface area contributed by atoms with E-state index in [2.05, 4.69) is 48.3 Å². The van der Waals surface area contributed by atoms with E-state index in [4.69, 9.17) is 0 Å². The molecular formula is C18H28N2. The van der Waals surface area contributed by atoms with Gasteiger partial charge in [0.1, 0.15) is 0 Å². The second kappa shape index (κ2) is 6.28. The lowest BCUT2D eigenvalue weighted by Gasteiger charge is -2.37. The Bertz CT molecular complexity index is 443. The molecule has 1 aliphatic carbocycles. The summed E-state index contributed by atoms with van der Waals surface area (Å²) in [6, 6.07) is 9.56. The Morgan fingerprint density at radius 2 is 2.20 bits per heavy atom. The Kier molecular flexibility index (Phi) is 4.42. The third-order valence-electron chi connectivity index (χ3n) is 5.34. The van der Waals surface area contributed by atoms with E-state index >= 15 is 0 Å². The lowest BCUT2D eigenvalue weighted by molar-refractivity contribution is 0.156. The highest BCUT2D eigenvalue weighted by atomic mass is 15.1. The standard InChI is InChI=1S/C18H28N2/c1-3-20-10-6-8-16(13-20)14(2)19-12-17-11-15-7-4-5-9-18(15)17/h4-5,7,9,14,16-17,19H,3,6,8,10-13H2,1-2H3. The van der Waals surface area contributed by atoms with Crippen LogP contribution in [0.5, 0.6) is 0 Å². The van der Waals surface area contributed by atoms with Crippen molar-refractivity contribution in [2.45, 2.75) is 45.1 Å². The van der Waals surface area contributed by atoms with Gasteiger partial charge in [-0.2, -0.15) is 0 Å². The maximum absolute atomic E-state index is 3.81. The molecule has 1 aromatic rings. The summed E-state index contributed by atoms with van der Waals surface area (Å²) in [4.78, 5) is 2.60. The van der Waals surface area contributed by atoms with Crippen LogP contribution in [0.25, 0.3) is 0 Å². The zero-order chi connectivity index (χ0) is 13.9. The fourth-order valence-electron chi connectivity index (χ4n) is 3.83. The molecule has 3 atom stereocenters. The molecule has 0 saturated carbocycles. The van der Waals surface area contributed by atoms with Crippen molar-refractivity contribution in [1.82, 2.24) is 10.2 Å². The van der Waals surface area contributed by atoms with Gasteiger partial charge in [0.15, 0.2) is 0 Å². The predicted molar refractivity (Wildman–Crippen MR) is 85.2 cm³/mol. The molecule has 3 unspecified atom stereocenters. The van der Waals surface area contributed by atoms with Gasteiger partial charge in [-0.25, -0.2) is 0 Å². The van der Waals surface area contributed by atoms with Crippen LogP contribution in [0, 0.1) is 5.92 Å². The summed E-state index contributed by atoms with van der Waals surface area (Å²) in [7, 11) is 0. The SMILES string of the molecule is CCN1CCCC(C(C)NCC2Cc3ccccc32)C1. The Morgan fingerprint density at radius 1 is 1.35 bits per heavy atom. The van der Waals surface area contributed by atoms with Crippen LogP contribution in [0.15, 0.2) is 24.3 Å². The molecule has 0 amide bonds. The highest BCUT2D eigenvalue weighted by Gasteiger charge is 2.28. The van der Waals surface area contributed by atoms with E-state index in [9.17, 15) is 0 Å². The van der Waals surface area contributed by atoms with Crippen molar-refractivity contribution in [1.29, 1.82) is 0 Å². The summed E-state index contributed by atoms with van der Waals surface area (Å²) in [6.07, 6.45) is 4.03. The lowest BCUT2D eigenvalue weighted by atomic mass is 9.77. The van der Waals surface area contributed by atoms with E-state index in [1.54, 1.807) is 11.1 Å². The van der Waals surface area contributed by atoms with Crippen molar-refractivity contribution < 1.29 is 0 Å². The highest BCUT2D eigenvalue weighted by Crippen LogP contribution is 2.34. The molecule has 2 aliphatic rings. The largest absolute Gasteiger partial charge is 0.313 e. The van der Waals surface area contributed by atoms with E-state index in [-0.39, 0.29) is 0 Å². The summed E-state index contributed by atoms with van der Waals surface area (Å²) in [5.74, 6) is 1.58. The van der Waals surface area contributed by atoms with Gasteiger partial charge in [-0.05, 0) is 56.3 Å². The van der Waals surface area contributed by atoms with Gasteiger partial charge in [0.2, 0.25) is 0 Å². The molecule has 1 aromatic carbocycles. The number of nitrogens with one attached hydrogen (secondary N) is 1. The van der Waals surface area contributed by atoms with Gasteiger partial charge in [0, 0.05) is 25.0 Å². The topological polar surface area (TPSA) is 15.3 Å². The normalized spacial score (nSPS) is 27.7. The van der Waals surface area contributed by atoms with Gasteiger partial charge >= 0.3 is 0 Å². The van der Waals surface area contributed by atoms with Crippen LogP contribution >= 0.6 is 0 Å². The molecule has 2 nitrogen and oxygen atoms in total. The first-order valence-corrected chi connectivity index (χ1v) is 8.31. The van der Waals surface area contributed by atoms with Crippen molar-refractivity contribution in [2.75, 3.05) is 26.2 Å². The highest BCUT2D eigenvalue weighted by molar-refractivity contribution is 5.40. The Labute approximate surface area is 123 Å². The van der Waals surface area contributed by atoms with E-state index in [0.717, 1.165) is 18.4 Å². The molecule has 1 N–H and O–H groups in total. The third kappa shape index (κ3) is 2.91. The van der Waals surface area contributed by atoms with Crippen LogP contribution < -0.4 is 5.32 Å². The van der Waals surface area contributed by atoms with Crippen molar-refractivity contribution in [3.8, 4) is 0 Å². The first-order chi connectivity index (χ1) is 9.78. The number of hydrogen-bond donors (Lipinski definition) is 1. The Balaban J connectivity index is 1.47. The number of likely N-dealkylation sites (tertiary alicyclic amines) is 1. The number of hydrogen-bond acceptors (Lipinski definition) is 2. The molecule has 0 bridgehead atoms.